The number of nitrogens with one attached hydrogen (secondary N) is 1. The molecule has 140 valence electrons. The Hall–Kier alpha value is -3.36. The van der Waals surface area contributed by atoms with Crippen LogP contribution in [0.1, 0.15) is 16.1 Å². The summed E-state index contributed by atoms with van der Waals surface area (Å²) in [4.78, 5) is 35.0. The van der Waals surface area contributed by atoms with Gasteiger partial charge in [-0.2, -0.15) is 0 Å². The van der Waals surface area contributed by atoms with E-state index in [1.807, 2.05) is 18.2 Å². The number of aromatic nitrogens is 2. The molecule has 1 aromatic carbocycles. The molecule has 2 aromatic rings. The number of amides is 2. The van der Waals surface area contributed by atoms with Gasteiger partial charge in [0.15, 0.2) is 11.5 Å². The lowest BCUT2D eigenvalue weighted by Gasteiger charge is -2.32. The van der Waals surface area contributed by atoms with Crippen LogP contribution in [0.15, 0.2) is 30.6 Å². The first-order valence-corrected chi connectivity index (χ1v) is 8.66. The molecule has 1 aromatic heterocycles. The third kappa shape index (κ3) is 3.76. The molecule has 9 nitrogen and oxygen atoms in total. The highest BCUT2D eigenvalue weighted by Gasteiger charge is 2.22. The standard InChI is InChI=1S/C18H19N5O4/c24-11-22-3-5-23(6-4-22)18(25)14-8-17(21-10-20-14)19-9-13-1-2-15-16(7-13)27-12-26-15/h1-2,7-8,10-11H,3-6,9,12H2,(H,19,20,21). The molecule has 4 rings (SSSR count). The van der Waals surface area contributed by atoms with Gasteiger partial charge in [-0.3, -0.25) is 9.59 Å². The molecule has 27 heavy (non-hydrogen) atoms. The second kappa shape index (κ2) is 7.48. The van der Waals surface area contributed by atoms with Crippen molar-refractivity contribution in [2.45, 2.75) is 6.54 Å². The van der Waals surface area contributed by atoms with Gasteiger partial charge >= 0.3 is 0 Å². The molecule has 0 unspecified atom stereocenters. The Kier molecular flexibility index (Phi) is 4.73. The van der Waals surface area contributed by atoms with Crippen LogP contribution in [0.5, 0.6) is 11.5 Å². The van der Waals surface area contributed by atoms with Crippen LogP contribution in [0.3, 0.4) is 0 Å². The van der Waals surface area contributed by atoms with Gasteiger partial charge in [0.05, 0.1) is 0 Å². The highest BCUT2D eigenvalue weighted by atomic mass is 16.7. The van der Waals surface area contributed by atoms with Crippen molar-refractivity contribution in [3.05, 3.63) is 41.9 Å². The molecular weight excluding hydrogens is 350 g/mol. The van der Waals surface area contributed by atoms with Crippen molar-refractivity contribution in [3.8, 4) is 11.5 Å². The second-order valence-corrected chi connectivity index (χ2v) is 6.26. The predicted octanol–water partition coefficient (Wildman–Crippen LogP) is 0.732. The van der Waals surface area contributed by atoms with Crippen molar-refractivity contribution in [1.29, 1.82) is 0 Å². The fourth-order valence-corrected chi connectivity index (χ4v) is 3.01. The average molecular weight is 369 g/mol. The fourth-order valence-electron chi connectivity index (χ4n) is 3.01. The highest BCUT2D eigenvalue weighted by molar-refractivity contribution is 5.93. The number of rotatable bonds is 5. The van der Waals surface area contributed by atoms with Crippen LogP contribution >= 0.6 is 0 Å². The maximum absolute atomic E-state index is 12.6. The van der Waals surface area contributed by atoms with Crippen LogP contribution in [0.4, 0.5) is 5.82 Å². The zero-order valence-electron chi connectivity index (χ0n) is 14.6. The van der Waals surface area contributed by atoms with Gasteiger partial charge in [0.1, 0.15) is 17.8 Å². The van der Waals surface area contributed by atoms with E-state index < -0.39 is 0 Å². The van der Waals surface area contributed by atoms with Gasteiger partial charge in [0.25, 0.3) is 5.91 Å². The summed E-state index contributed by atoms with van der Waals surface area (Å²) in [5.41, 5.74) is 1.34. The monoisotopic (exact) mass is 369 g/mol. The Bertz CT molecular complexity index is 851. The van der Waals surface area contributed by atoms with Crippen molar-refractivity contribution in [1.82, 2.24) is 19.8 Å². The number of carbonyl (C=O) groups is 2. The number of benzene rings is 1. The number of hydrogen-bond acceptors (Lipinski definition) is 7. The van der Waals surface area contributed by atoms with Crippen molar-refractivity contribution in [3.63, 3.8) is 0 Å². The zero-order chi connectivity index (χ0) is 18.6. The third-order valence-corrected chi connectivity index (χ3v) is 4.55. The lowest BCUT2D eigenvalue weighted by Crippen LogP contribution is -2.48. The minimum absolute atomic E-state index is 0.158. The molecule has 0 saturated carbocycles. The molecule has 0 atom stereocenters. The van der Waals surface area contributed by atoms with Crippen molar-refractivity contribution in [2.24, 2.45) is 0 Å². The number of nitrogens with zero attached hydrogens (tertiary/aromatic N) is 4. The molecule has 0 aliphatic carbocycles. The molecule has 0 bridgehead atoms. The topological polar surface area (TPSA) is 96.9 Å². The lowest BCUT2D eigenvalue weighted by molar-refractivity contribution is -0.119. The SMILES string of the molecule is O=CN1CCN(C(=O)c2cc(NCc3ccc4c(c3)OCO4)ncn2)CC1. The van der Waals surface area contributed by atoms with Crippen molar-refractivity contribution in [2.75, 3.05) is 38.3 Å². The van der Waals surface area contributed by atoms with E-state index in [4.69, 9.17) is 9.47 Å². The molecule has 2 amide bonds. The van der Waals surface area contributed by atoms with E-state index in [2.05, 4.69) is 15.3 Å². The molecule has 1 fully saturated rings. The zero-order valence-corrected chi connectivity index (χ0v) is 14.6. The maximum Gasteiger partial charge on any atom is 0.272 e. The Morgan fingerprint density at radius 2 is 1.93 bits per heavy atom. The molecule has 0 radical (unpaired) electrons. The molecular formula is C18H19N5O4. The summed E-state index contributed by atoms with van der Waals surface area (Å²) >= 11 is 0. The van der Waals surface area contributed by atoms with Gasteiger partial charge in [-0.1, -0.05) is 6.07 Å². The minimum Gasteiger partial charge on any atom is -0.454 e. The van der Waals surface area contributed by atoms with Crippen molar-refractivity contribution < 1.29 is 19.1 Å². The van der Waals surface area contributed by atoms with Gasteiger partial charge in [-0.25, -0.2) is 9.97 Å². The summed E-state index contributed by atoms with van der Waals surface area (Å²) < 4.78 is 10.7. The summed E-state index contributed by atoms with van der Waals surface area (Å²) in [5.74, 6) is 1.87. The largest absolute Gasteiger partial charge is 0.454 e. The molecule has 1 saturated heterocycles. The third-order valence-electron chi connectivity index (χ3n) is 4.55. The Balaban J connectivity index is 1.39. The second-order valence-electron chi connectivity index (χ2n) is 6.26. The van der Waals surface area contributed by atoms with Gasteiger partial charge in [-0.05, 0) is 17.7 Å². The quantitative estimate of drug-likeness (QED) is 0.776. The molecule has 1 N–H and O–H groups in total. The number of hydrogen-bond donors (Lipinski definition) is 1. The first-order chi connectivity index (χ1) is 13.2. The Morgan fingerprint density at radius 3 is 2.74 bits per heavy atom. The Labute approximate surface area is 155 Å². The van der Waals surface area contributed by atoms with Gasteiger partial charge in [0.2, 0.25) is 13.2 Å². The molecule has 3 heterocycles. The molecule has 2 aliphatic heterocycles. The number of anilines is 1. The van der Waals surface area contributed by atoms with E-state index in [0.29, 0.717) is 44.2 Å². The van der Waals surface area contributed by atoms with Crippen molar-refractivity contribution >= 4 is 18.1 Å². The van der Waals surface area contributed by atoms with Gasteiger partial charge < -0.3 is 24.6 Å². The highest BCUT2D eigenvalue weighted by Crippen LogP contribution is 2.32. The van der Waals surface area contributed by atoms with E-state index in [1.165, 1.54) is 6.33 Å². The van der Waals surface area contributed by atoms with E-state index in [-0.39, 0.29) is 12.7 Å². The molecule has 9 heteroatoms. The van der Waals surface area contributed by atoms with Crippen LogP contribution < -0.4 is 14.8 Å². The smallest absolute Gasteiger partial charge is 0.272 e. The Morgan fingerprint density at radius 1 is 1.11 bits per heavy atom. The van der Waals surface area contributed by atoms with E-state index in [0.717, 1.165) is 23.5 Å². The minimum atomic E-state index is -0.158. The van der Waals surface area contributed by atoms with Crippen LogP contribution in [0.25, 0.3) is 0 Å². The maximum atomic E-state index is 12.6. The first kappa shape index (κ1) is 17.1. The molecule has 0 spiro atoms. The summed E-state index contributed by atoms with van der Waals surface area (Å²) in [6.45, 7) is 2.85. The fraction of sp³-hybridized carbons (Fsp3) is 0.333. The number of ether oxygens (including phenoxy) is 2. The van der Waals surface area contributed by atoms with Crippen LogP contribution in [-0.2, 0) is 11.3 Å². The summed E-state index contributed by atoms with van der Waals surface area (Å²) in [5, 5.41) is 3.19. The van der Waals surface area contributed by atoms with Gasteiger partial charge in [-0.15, -0.1) is 0 Å². The van der Waals surface area contributed by atoms with E-state index in [1.54, 1.807) is 15.9 Å². The number of carbonyl (C=O) groups excluding carboxylic acids is 2. The van der Waals surface area contributed by atoms with Crippen LogP contribution in [0.2, 0.25) is 0 Å². The van der Waals surface area contributed by atoms with E-state index >= 15 is 0 Å². The average Bonchev–Trinajstić information content (AvgIpc) is 3.20. The summed E-state index contributed by atoms with van der Waals surface area (Å²) in [6.07, 6.45) is 2.18. The first-order valence-electron chi connectivity index (χ1n) is 8.66. The van der Waals surface area contributed by atoms with Crippen LogP contribution in [-0.4, -0.2) is 65.1 Å². The van der Waals surface area contributed by atoms with Gasteiger partial charge in [0, 0.05) is 38.8 Å². The summed E-state index contributed by atoms with van der Waals surface area (Å²) in [6, 6.07) is 7.37. The van der Waals surface area contributed by atoms with Crippen LogP contribution in [0, 0.1) is 0 Å². The predicted molar refractivity (Wildman–Crippen MR) is 95.5 cm³/mol. The lowest BCUT2D eigenvalue weighted by atomic mass is 10.2. The normalized spacial score (nSPS) is 15.6. The number of piperazine rings is 1. The molecule has 2 aliphatic rings. The summed E-state index contributed by atoms with van der Waals surface area (Å²) in [7, 11) is 0. The number of fused-ring (bicyclic) bond motifs is 1. The van der Waals surface area contributed by atoms with E-state index in [9.17, 15) is 9.59 Å².